The maximum absolute atomic E-state index is 11.6. The van der Waals surface area contributed by atoms with E-state index in [0.717, 1.165) is 0 Å². The van der Waals surface area contributed by atoms with Crippen molar-refractivity contribution in [3.8, 4) is 0 Å². The number of anilines is 3. The van der Waals surface area contributed by atoms with E-state index in [4.69, 9.17) is 5.73 Å². The highest BCUT2D eigenvalue weighted by Gasteiger charge is 2.29. The second-order valence-corrected chi connectivity index (χ2v) is 4.04. The molecule has 0 amide bonds. The molecule has 0 radical (unpaired) electrons. The van der Waals surface area contributed by atoms with Gasteiger partial charge in [0.1, 0.15) is 11.8 Å². The fraction of sp³-hybridized carbons (Fsp3) is 0.556. The summed E-state index contributed by atoms with van der Waals surface area (Å²) >= 11 is 0. The average molecular weight is 312 g/mol. The van der Waals surface area contributed by atoms with Gasteiger partial charge in [-0.1, -0.05) is 0 Å². The molecule has 19 heavy (non-hydrogen) atoms. The largest absolute Gasteiger partial charge is 1.00 e. The van der Waals surface area contributed by atoms with Gasteiger partial charge in [-0.3, -0.25) is 9.78 Å². The standard InChI is InChI=1S/C9H15N5O3.2ClH/c1-3(15)6(16)4-2-11-7-5(12-4)8(17)14-9(10)13-7;;/h3-4,6,12,15-16H,2H2,1H3,(H4,10,11,13,14,17);2*1H/p-2/t3?,4-,6?;;/m1../s1. The van der Waals surface area contributed by atoms with Crippen LogP contribution in [-0.2, 0) is 0 Å². The van der Waals surface area contributed by atoms with Crippen LogP contribution in [0, 0.1) is 0 Å². The van der Waals surface area contributed by atoms with Crippen LogP contribution in [0.2, 0.25) is 0 Å². The first-order chi connectivity index (χ1) is 7.99. The molecule has 0 fully saturated rings. The maximum atomic E-state index is 11.6. The van der Waals surface area contributed by atoms with Gasteiger partial charge in [0.15, 0.2) is 5.82 Å². The van der Waals surface area contributed by atoms with Crippen molar-refractivity contribution in [1.29, 1.82) is 0 Å². The highest BCUT2D eigenvalue weighted by atomic mass is 35.5. The minimum absolute atomic E-state index is 0. The Morgan fingerprint density at radius 3 is 2.63 bits per heavy atom. The second-order valence-electron chi connectivity index (χ2n) is 4.04. The number of aliphatic hydroxyl groups is 2. The summed E-state index contributed by atoms with van der Waals surface area (Å²) in [6.07, 6.45) is -1.87. The predicted octanol–water partition coefficient (Wildman–Crippen LogP) is -7.69. The Balaban J connectivity index is 0.00000162. The molecule has 0 bridgehead atoms. The Hall–Kier alpha value is -1.22. The minimum atomic E-state index is -0.979. The fourth-order valence-corrected chi connectivity index (χ4v) is 1.74. The fourth-order valence-electron chi connectivity index (χ4n) is 1.74. The number of fused-ring (bicyclic) bond motifs is 1. The van der Waals surface area contributed by atoms with Gasteiger partial charge < -0.3 is 51.4 Å². The molecule has 110 valence electrons. The number of aliphatic hydroxyl groups excluding tert-OH is 2. The van der Waals surface area contributed by atoms with Crippen LogP contribution in [0.3, 0.4) is 0 Å². The Morgan fingerprint density at radius 2 is 2.05 bits per heavy atom. The number of rotatable bonds is 2. The lowest BCUT2D eigenvalue weighted by atomic mass is 10.0. The highest BCUT2D eigenvalue weighted by Crippen LogP contribution is 2.21. The second kappa shape index (κ2) is 6.80. The van der Waals surface area contributed by atoms with Crippen molar-refractivity contribution in [2.75, 3.05) is 22.9 Å². The minimum Gasteiger partial charge on any atom is -1.00 e. The highest BCUT2D eigenvalue weighted by molar-refractivity contribution is 5.67. The van der Waals surface area contributed by atoms with Crippen LogP contribution < -0.4 is 46.7 Å². The Labute approximate surface area is 121 Å². The van der Waals surface area contributed by atoms with E-state index in [9.17, 15) is 15.0 Å². The van der Waals surface area contributed by atoms with Crippen molar-refractivity contribution in [3.05, 3.63) is 10.4 Å². The Kier molecular flexibility index (Phi) is 6.37. The van der Waals surface area contributed by atoms with Crippen molar-refractivity contribution in [3.63, 3.8) is 0 Å². The van der Waals surface area contributed by atoms with Gasteiger partial charge in [0.25, 0.3) is 5.56 Å². The van der Waals surface area contributed by atoms with Crippen LogP contribution in [0.15, 0.2) is 4.79 Å². The lowest BCUT2D eigenvalue weighted by Gasteiger charge is -2.31. The molecule has 0 spiro atoms. The molecule has 7 N–H and O–H groups in total. The number of hydrogen-bond acceptors (Lipinski definition) is 7. The molecule has 2 unspecified atom stereocenters. The van der Waals surface area contributed by atoms with E-state index >= 15 is 0 Å². The van der Waals surface area contributed by atoms with Gasteiger partial charge >= 0.3 is 0 Å². The summed E-state index contributed by atoms with van der Waals surface area (Å²) in [5.74, 6) is 0.373. The number of nitrogens with one attached hydrogen (secondary N) is 3. The van der Waals surface area contributed by atoms with Gasteiger partial charge in [0.2, 0.25) is 5.95 Å². The van der Waals surface area contributed by atoms with E-state index in [0.29, 0.717) is 12.4 Å². The Bertz CT molecular complexity index is 481. The molecule has 2 rings (SSSR count). The van der Waals surface area contributed by atoms with Crippen LogP contribution >= 0.6 is 0 Å². The molecule has 1 aliphatic heterocycles. The zero-order valence-electron chi connectivity index (χ0n) is 10.0. The number of nitrogens with two attached hydrogens (primary N) is 1. The molecule has 8 nitrogen and oxygen atoms in total. The summed E-state index contributed by atoms with van der Waals surface area (Å²) in [6.45, 7) is 1.82. The topological polar surface area (TPSA) is 136 Å². The van der Waals surface area contributed by atoms with Gasteiger partial charge in [-0.05, 0) is 6.92 Å². The zero-order chi connectivity index (χ0) is 12.6. The Morgan fingerprint density at radius 1 is 1.42 bits per heavy atom. The average Bonchev–Trinajstić information content (AvgIpc) is 2.27. The first kappa shape index (κ1) is 17.8. The molecule has 2 heterocycles. The molecule has 0 aromatic carbocycles. The zero-order valence-corrected chi connectivity index (χ0v) is 11.5. The summed E-state index contributed by atoms with van der Waals surface area (Å²) < 4.78 is 0. The lowest BCUT2D eigenvalue weighted by molar-refractivity contribution is -0.001000. The number of aromatic amines is 1. The van der Waals surface area contributed by atoms with Gasteiger partial charge in [0, 0.05) is 6.54 Å². The summed E-state index contributed by atoms with van der Waals surface area (Å²) in [6, 6.07) is -0.464. The molecule has 1 aliphatic rings. The summed E-state index contributed by atoms with van der Waals surface area (Å²) in [7, 11) is 0. The number of halogens is 2. The van der Waals surface area contributed by atoms with Crippen molar-refractivity contribution in [1.82, 2.24) is 9.97 Å². The van der Waals surface area contributed by atoms with Gasteiger partial charge in [-0.25, -0.2) is 0 Å². The maximum Gasteiger partial charge on any atom is 0.277 e. The summed E-state index contributed by atoms with van der Waals surface area (Å²) in [5, 5.41) is 24.7. The lowest BCUT2D eigenvalue weighted by Crippen LogP contribution is -3.00. The molecule has 0 saturated carbocycles. The molecule has 3 atom stereocenters. The van der Waals surface area contributed by atoms with E-state index in [1.54, 1.807) is 0 Å². The quantitative estimate of drug-likeness (QED) is 0.319. The monoisotopic (exact) mass is 311 g/mol. The van der Waals surface area contributed by atoms with E-state index in [2.05, 4.69) is 20.6 Å². The van der Waals surface area contributed by atoms with E-state index in [1.807, 2.05) is 0 Å². The third kappa shape index (κ3) is 3.63. The van der Waals surface area contributed by atoms with E-state index < -0.39 is 23.8 Å². The van der Waals surface area contributed by atoms with E-state index in [1.165, 1.54) is 6.92 Å². The summed E-state index contributed by atoms with van der Waals surface area (Å²) in [4.78, 5) is 17.9. The van der Waals surface area contributed by atoms with E-state index in [-0.39, 0.29) is 36.4 Å². The molecule has 10 heteroatoms. The van der Waals surface area contributed by atoms with Gasteiger partial charge in [-0.15, -0.1) is 0 Å². The van der Waals surface area contributed by atoms with Crippen molar-refractivity contribution in [2.45, 2.75) is 25.2 Å². The predicted molar refractivity (Wildman–Crippen MR) is 62.9 cm³/mol. The number of nitrogens with zero attached hydrogens (tertiary/aromatic N) is 1. The van der Waals surface area contributed by atoms with Gasteiger partial charge in [0.05, 0.1) is 12.1 Å². The van der Waals surface area contributed by atoms with Crippen LogP contribution in [0.25, 0.3) is 0 Å². The third-order valence-electron chi connectivity index (χ3n) is 2.66. The molecule has 1 aromatic rings. The molecular weight excluding hydrogens is 297 g/mol. The van der Waals surface area contributed by atoms with Crippen LogP contribution in [-0.4, -0.2) is 45.0 Å². The normalized spacial score (nSPS) is 19.6. The van der Waals surface area contributed by atoms with Crippen LogP contribution in [0.4, 0.5) is 17.5 Å². The summed E-state index contributed by atoms with van der Waals surface area (Å²) in [5.41, 5.74) is 5.20. The van der Waals surface area contributed by atoms with Crippen LogP contribution in [0.1, 0.15) is 6.92 Å². The van der Waals surface area contributed by atoms with Crippen molar-refractivity contribution in [2.24, 2.45) is 0 Å². The number of nitrogen functional groups attached to an aromatic ring is 1. The number of H-pyrrole nitrogens is 1. The SMILES string of the molecule is CC(O)C(O)[C@H]1CNc2nc(N)[nH]c(=O)c2N1.[Cl-].[Cl-]. The molecular formula is C9H15Cl2N5O3-2. The first-order valence-electron chi connectivity index (χ1n) is 5.25. The number of aromatic nitrogens is 2. The molecule has 1 aromatic heterocycles. The third-order valence-corrected chi connectivity index (χ3v) is 2.66. The van der Waals surface area contributed by atoms with Gasteiger partial charge in [-0.2, -0.15) is 4.98 Å². The smallest absolute Gasteiger partial charge is 0.277 e. The number of hydrogen-bond donors (Lipinski definition) is 6. The first-order valence-corrected chi connectivity index (χ1v) is 5.25. The molecule has 0 saturated heterocycles. The van der Waals surface area contributed by atoms with Crippen LogP contribution in [0.5, 0.6) is 0 Å². The molecule has 0 aliphatic carbocycles. The van der Waals surface area contributed by atoms with Crippen molar-refractivity contribution >= 4 is 17.5 Å². The van der Waals surface area contributed by atoms with Crippen molar-refractivity contribution < 1.29 is 35.0 Å².